The van der Waals surface area contributed by atoms with Crippen LogP contribution in [0.2, 0.25) is 0 Å². The normalized spacial score (nSPS) is 22.1. The van der Waals surface area contributed by atoms with Crippen molar-refractivity contribution in [3.63, 3.8) is 0 Å². The van der Waals surface area contributed by atoms with Crippen LogP contribution in [0, 0.1) is 0 Å². The van der Waals surface area contributed by atoms with Crippen molar-refractivity contribution in [2.24, 2.45) is 0 Å². The van der Waals surface area contributed by atoms with Crippen LogP contribution < -0.4 is 5.32 Å². The molecule has 1 aromatic heterocycles. The van der Waals surface area contributed by atoms with E-state index < -0.39 is 6.04 Å². The summed E-state index contributed by atoms with van der Waals surface area (Å²) in [6.45, 7) is 0. The van der Waals surface area contributed by atoms with Crippen molar-refractivity contribution in [3.8, 4) is 5.75 Å². The van der Waals surface area contributed by atoms with Gasteiger partial charge in [-0.05, 0) is 6.42 Å². The Morgan fingerprint density at radius 3 is 2.93 bits per heavy atom. The Kier molecular flexibility index (Phi) is 1.95. The smallest absolute Gasteiger partial charge is 0.251 e. The minimum atomic E-state index is -0.492. The van der Waals surface area contributed by atoms with Gasteiger partial charge in [-0.25, -0.2) is 0 Å². The molecule has 2 N–H and O–H groups in total. The summed E-state index contributed by atoms with van der Waals surface area (Å²) in [4.78, 5) is 22.2. The number of imide groups is 1. The standard InChI is InChI=1S/C8H9N3O3/c12-5-3-9-11(4-5)6-1-2-7(13)10-8(6)14/h3-4,6,12H,1-2H2,(H,10,13,14). The minimum absolute atomic E-state index is 0.00898. The number of aromatic nitrogens is 2. The number of nitrogens with one attached hydrogen (secondary N) is 1. The zero-order chi connectivity index (χ0) is 10.1. The summed E-state index contributed by atoms with van der Waals surface area (Å²) in [5.41, 5.74) is 0. The van der Waals surface area contributed by atoms with Gasteiger partial charge in [0.1, 0.15) is 6.04 Å². The molecule has 6 heteroatoms. The third kappa shape index (κ3) is 1.46. The van der Waals surface area contributed by atoms with Crippen LogP contribution in [0.15, 0.2) is 12.4 Å². The van der Waals surface area contributed by atoms with E-state index in [1.165, 1.54) is 17.1 Å². The Morgan fingerprint density at radius 1 is 1.57 bits per heavy atom. The Bertz CT molecular complexity index is 385. The summed E-state index contributed by atoms with van der Waals surface area (Å²) >= 11 is 0. The summed E-state index contributed by atoms with van der Waals surface area (Å²) < 4.78 is 1.36. The first-order valence-electron chi connectivity index (χ1n) is 4.23. The molecule has 0 aromatic carbocycles. The fourth-order valence-electron chi connectivity index (χ4n) is 1.43. The molecule has 2 heterocycles. The summed E-state index contributed by atoms with van der Waals surface area (Å²) in [7, 11) is 0. The summed E-state index contributed by atoms with van der Waals surface area (Å²) in [6.07, 6.45) is 3.34. The number of rotatable bonds is 1. The topological polar surface area (TPSA) is 84.2 Å². The zero-order valence-electron chi connectivity index (χ0n) is 7.30. The van der Waals surface area contributed by atoms with Crippen molar-refractivity contribution in [1.29, 1.82) is 0 Å². The van der Waals surface area contributed by atoms with Crippen LogP contribution in [0.3, 0.4) is 0 Å². The lowest BCUT2D eigenvalue weighted by Crippen LogP contribution is -2.41. The first-order valence-corrected chi connectivity index (χ1v) is 4.23. The number of amides is 2. The molecule has 2 rings (SSSR count). The van der Waals surface area contributed by atoms with Crippen molar-refractivity contribution in [2.45, 2.75) is 18.9 Å². The molecule has 1 aromatic rings. The van der Waals surface area contributed by atoms with E-state index in [1.807, 2.05) is 0 Å². The number of hydrogen-bond donors (Lipinski definition) is 2. The molecule has 0 saturated carbocycles. The van der Waals surface area contributed by atoms with Gasteiger partial charge >= 0.3 is 0 Å². The van der Waals surface area contributed by atoms with E-state index >= 15 is 0 Å². The summed E-state index contributed by atoms with van der Waals surface area (Å²) in [5, 5.41) is 15.1. The molecule has 6 nitrogen and oxygen atoms in total. The van der Waals surface area contributed by atoms with Gasteiger partial charge in [0.05, 0.1) is 12.4 Å². The van der Waals surface area contributed by atoms with Gasteiger partial charge < -0.3 is 5.11 Å². The molecule has 0 radical (unpaired) electrons. The average molecular weight is 195 g/mol. The lowest BCUT2D eigenvalue weighted by Gasteiger charge is -2.20. The molecule has 1 aliphatic heterocycles. The van der Waals surface area contributed by atoms with E-state index in [-0.39, 0.29) is 17.6 Å². The van der Waals surface area contributed by atoms with Crippen molar-refractivity contribution in [3.05, 3.63) is 12.4 Å². The Morgan fingerprint density at radius 2 is 2.36 bits per heavy atom. The molecule has 1 fully saturated rings. The Hall–Kier alpha value is -1.85. The van der Waals surface area contributed by atoms with Crippen molar-refractivity contribution in [2.75, 3.05) is 0 Å². The van der Waals surface area contributed by atoms with Crippen molar-refractivity contribution in [1.82, 2.24) is 15.1 Å². The maximum Gasteiger partial charge on any atom is 0.251 e. The number of nitrogens with zero attached hydrogens (tertiary/aromatic N) is 2. The van der Waals surface area contributed by atoms with Crippen LogP contribution in [0.4, 0.5) is 0 Å². The van der Waals surface area contributed by atoms with Crippen molar-refractivity contribution < 1.29 is 14.7 Å². The number of aromatic hydroxyl groups is 1. The molecule has 14 heavy (non-hydrogen) atoms. The zero-order valence-corrected chi connectivity index (χ0v) is 7.30. The Labute approximate surface area is 79.5 Å². The fraction of sp³-hybridized carbons (Fsp3) is 0.375. The van der Waals surface area contributed by atoms with E-state index in [1.54, 1.807) is 0 Å². The van der Waals surface area contributed by atoms with Crippen molar-refractivity contribution >= 4 is 11.8 Å². The summed E-state index contributed by atoms with van der Waals surface area (Å²) in [5.74, 6) is -0.623. The molecule has 0 spiro atoms. The molecule has 1 unspecified atom stereocenters. The van der Waals surface area contributed by atoms with E-state index in [2.05, 4.69) is 10.4 Å². The second kappa shape index (κ2) is 3.13. The molecular formula is C8H9N3O3. The van der Waals surface area contributed by atoms with E-state index in [9.17, 15) is 9.59 Å². The Balaban J connectivity index is 2.19. The molecule has 2 amide bonds. The largest absolute Gasteiger partial charge is 0.505 e. The monoisotopic (exact) mass is 195 g/mol. The molecule has 1 atom stereocenters. The maximum atomic E-state index is 11.3. The van der Waals surface area contributed by atoms with Gasteiger partial charge in [0.25, 0.3) is 5.91 Å². The average Bonchev–Trinajstić information content (AvgIpc) is 2.51. The first-order chi connectivity index (χ1) is 6.66. The number of hydrogen-bond acceptors (Lipinski definition) is 4. The lowest BCUT2D eigenvalue weighted by atomic mass is 10.1. The van der Waals surface area contributed by atoms with Gasteiger partial charge in [0, 0.05) is 6.42 Å². The van der Waals surface area contributed by atoms with Crippen LogP contribution in [0.1, 0.15) is 18.9 Å². The highest BCUT2D eigenvalue weighted by Crippen LogP contribution is 2.19. The molecule has 0 bridgehead atoms. The van der Waals surface area contributed by atoms with E-state index in [0.29, 0.717) is 12.8 Å². The highest BCUT2D eigenvalue weighted by Gasteiger charge is 2.28. The third-order valence-corrected chi connectivity index (χ3v) is 2.12. The molecule has 0 aliphatic carbocycles. The molecule has 74 valence electrons. The highest BCUT2D eigenvalue weighted by molar-refractivity contribution is 5.99. The molecule has 1 aliphatic rings. The SMILES string of the molecule is O=C1CCC(n2cc(O)cn2)C(=O)N1. The second-order valence-electron chi connectivity index (χ2n) is 3.15. The molecule has 1 saturated heterocycles. The van der Waals surface area contributed by atoms with Gasteiger partial charge in [-0.3, -0.25) is 19.6 Å². The van der Waals surface area contributed by atoms with Gasteiger partial charge in [-0.2, -0.15) is 5.10 Å². The van der Waals surface area contributed by atoms with Gasteiger partial charge in [-0.15, -0.1) is 0 Å². The predicted octanol–water partition coefficient (Wildman–Crippen LogP) is -0.434. The van der Waals surface area contributed by atoms with Gasteiger partial charge in [-0.1, -0.05) is 0 Å². The van der Waals surface area contributed by atoms with Gasteiger partial charge in [0.2, 0.25) is 5.91 Å². The number of carbonyl (C=O) groups is 2. The maximum absolute atomic E-state index is 11.3. The number of piperidine rings is 1. The third-order valence-electron chi connectivity index (χ3n) is 2.12. The van der Waals surface area contributed by atoms with E-state index in [4.69, 9.17) is 5.11 Å². The molecular weight excluding hydrogens is 186 g/mol. The van der Waals surface area contributed by atoms with E-state index in [0.717, 1.165) is 0 Å². The second-order valence-corrected chi connectivity index (χ2v) is 3.15. The van der Waals surface area contributed by atoms with Gasteiger partial charge in [0.15, 0.2) is 5.75 Å². The van der Waals surface area contributed by atoms with Crippen LogP contribution >= 0.6 is 0 Å². The van der Waals surface area contributed by atoms with Crippen LogP contribution in [0.25, 0.3) is 0 Å². The lowest BCUT2D eigenvalue weighted by molar-refractivity contribution is -0.135. The first kappa shape index (κ1) is 8.74. The minimum Gasteiger partial charge on any atom is -0.505 e. The van der Waals surface area contributed by atoms with Crippen LogP contribution in [0.5, 0.6) is 5.75 Å². The highest BCUT2D eigenvalue weighted by atomic mass is 16.3. The fourth-order valence-corrected chi connectivity index (χ4v) is 1.43. The quantitative estimate of drug-likeness (QED) is 0.595. The summed E-state index contributed by atoms with van der Waals surface area (Å²) in [6, 6.07) is -0.492. The number of carbonyl (C=O) groups excluding carboxylic acids is 2. The van der Waals surface area contributed by atoms with Crippen LogP contribution in [-0.4, -0.2) is 26.7 Å². The van der Waals surface area contributed by atoms with Crippen LogP contribution in [-0.2, 0) is 9.59 Å². The predicted molar refractivity (Wildman–Crippen MR) is 45.3 cm³/mol.